The van der Waals surface area contributed by atoms with Gasteiger partial charge in [0.05, 0.1) is 22.7 Å². The number of carbonyl (C=O) groups excluding carboxylic acids is 1. The number of aromatic nitrogens is 2. The number of nitrogens with zero attached hydrogens (tertiary/aromatic N) is 2. The number of allylic oxidation sites excluding steroid dienone is 1. The zero-order valence-electron chi connectivity index (χ0n) is 16.9. The highest BCUT2D eigenvalue weighted by Gasteiger charge is 2.14. The van der Waals surface area contributed by atoms with Crippen LogP contribution < -0.4 is 10.9 Å². The maximum absolute atomic E-state index is 12.8. The lowest BCUT2D eigenvalue weighted by molar-refractivity contribution is -0.119. The van der Waals surface area contributed by atoms with Crippen molar-refractivity contribution in [3.8, 4) is 0 Å². The lowest BCUT2D eigenvalue weighted by Crippen LogP contribution is -2.29. The van der Waals surface area contributed by atoms with Crippen molar-refractivity contribution in [3.05, 3.63) is 82.2 Å². The number of hydrogen-bond acceptors (Lipinski definition) is 4. The van der Waals surface area contributed by atoms with E-state index in [1.165, 1.54) is 22.9 Å². The van der Waals surface area contributed by atoms with Crippen LogP contribution in [0.3, 0.4) is 0 Å². The topological polar surface area (TPSA) is 64.0 Å². The van der Waals surface area contributed by atoms with Gasteiger partial charge in [-0.25, -0.2) is 4.98 Å². The molecular formula is C23H25N3O2S. The van der Waals surface area contributed by atoms with Crippen LogP contribution in [0.4, 0.5) is 0 Å². The van der Waals surface area contributed by atoms with Gasteiger partial charge in [-0.15, -0.1) is 6.58 Å². The molecule has 0 aliphatic rings. The SMILES string of the molecule is C=CCn1c(SCC(=O)N[C@H](C)c2ccc(C)c(C)c2)nc2ccccc2c1=O. The zero-order valence-corrected chi connectivity index (χ0v) is 17.8. The zero-order chi connectivity index (χ0) is 21.0. The molecule has 1 heterocycles. The van der Waals surface area contributed by atoms with Crippen molar-refractivity contribution in [1.29, 1.82) is 0 Å². The van der Waals surface area contributed by atoms with Crippen molar-refractivity contribution >= 4 is 28.6 Å². The van der Waals surface area contributed by atoms with Crippen molar-refractivity contribution in [2.45, 2.75) is 38.5 Å². The summed E-state index contributed by atoms with van der Waals surface area (Å²) in [7, 11) is 0. The molecule has 0 radical (unpaired) electrons. The van der Waals surface area contributed by atoms with Crippen LogP contribution in [0.2, 0.25) is 0 Å². The Hall–Kier alpha value is -2.86. The Morgan fingerprint density at radius 1 is 1.24 bits per heavy atom. The molecule has 0 aliphatic carbocycles. The molecular weight excluding hydrogens is 382 g/mol. The van der Waals surface area contributed by atoms with Crippen LogP contribution in [0, 0.1) is 13.8 Å². The molecule has 0 aliphatic heterocycles. The molecule has 1 amide bonds. The van der Waals surface area contributed by atoms with E-state index in [1.54, 1.807) is 22.8 Å². The minimum Gasteiger partial charge on any atom is -0.349 e. The Labute approximate surface area is 174 Å². The van der Waals surface area contributed by atoms with Crippen LogP contribution in [0.5, 0.6) is 0 Å². The summed E-state index contributed by atoms with van der Waals surface area (Å²) in [5, 5.41) is 4.10. The molecule has 3 rings (SSSR count). The van der Waals surface area contributed by atoms with Gasteiger partial charge in [-0.3, -0.25) is 14.2 Å². The van der Waals surface area contributed by atoms with E-state index in [4.69, 9.17) is 0 Å². The van der Waals surface area contributed by atoms with E-state index in [9.17, 15) is 9.59 Å². The number of fused-ring (bicyclic) bond motifs is 1. The maximum Gasteiger partial charge on any atom is 0.262 e. The highest BCUT2D eigenvalue weighted by atomic mass is 32.2. The van der Waals surface area contributed by atoms with Gasteiger partial charge >= 0.3 is 0 Å². The predicted molar refractivity (Wildman–Crippen MR) is 119 cm³/mol. The largest absolute Gasteiger partial charge is 0.349 e. The monoisotopic (exact) mass is 407 g/mol. The fraction of sp³-hybridized carbons (Fsp3) is 0.261. The molecule has 0 spiro atoms. The summed E-state index contributed by atoms with van der Waals surface area (Å²) in [6.07, 6.45) is 1.66. The first-order chi connectivity index (χ1) is 13.9. The van der Waals surface area contributed by atoms with Gasteiger partial charge in [-0.05, 0) is 49.6 Å². The van der Waals surface area contributed by atoms with Crippen molar-refractivity contribution in [2.24, 2.45) is 0 Å². The van der Waals surface area contributed by atoms with Gasteiger partial charge in [-0.2, -0.15) is 0 Å². The number of hydrogen-bond donors (Lipinski definition) is 1. The van der Waals surface area contributed by atoms with E-state index >= 15 is 0 Å². The first-order valence-electron chi connectivity index (χ1n) is 9.50. The fourth-order valence-corrected chi connectivity index (χ4v) is 3.90. The molecule has 1 aromatic heterocycles. The van der Waals surface area contributed by atoms with Crippen LogP contribution in [-0.4, -0.2) is 21.2 Å². The lowest BCUT2D eigenvalue weighted by Gasteiger charge is -2.16. The molecule has 1 atom stereocenters. The molecule has 6 heteroatoms. The number of nitrogens with one attached hydrogen (secondary N) is 1. The summed E-state index contributed by atoms with van der Waals surface area (Å²) < 4.78 is 1.56. The van der Waals surface area contributed by atoms with Crippen LogP contribution in [0.25, 0.3) is 10.9 Å². The van der Waals surface area contributed by atoms with E-state index in [0.29, 0.717) is 22.6 Å². The van der Waals surface area contributed by atoms with Crippen molar-refractivity contribution < 1.29 is 4.79 Å². The summed E-state index contributed by atoms with van der Waals surface area (Å²) in [5.41, 5.74) is 4.00. The van der Waals surface area contributed by atoms with Crippen LogP contribution >= 0.6 is 11.8 Å². The highest BCUT2D eigenvalue weighted by molar-refractivity contribution is 7.99. The van der Waals surface area contributed by atoms with Crippen molar-refractivity contribution in [2.75, 3.05) is 5.75 Å². The number of amides is 1. The van der Waals surface area contributed by atoms with Crippen LogP contribution in [-0.2, 0) is 11.3 Å². The molecule has 0 unspecified atom stereocenters. The lowest BCUT2D eigenvalue weighted by atomic mass is 10.0. The van der Waals surface area contributed by atoms with Gasteiger partial charge in [0.15, 0.2) is 5.16 Å². The second-order valence-electron chi connectivity index (χ2n) is 7.04. The number of carbonyl (C=O) groups is 1. The average molecular weight is 408 g/mol. The van der Waals surface area contributed by atoms with E-state index in [2.05, 4.69) is 42.9 Å². The summed E-state index contributed by atoms with van der Waals surface area (Å²) >= 11 is 1.26. The summed E-state index contributed by atoms with van der Waals surface area (Å²) in [6.45, 7) is 10.2. The molecule has 5 nitrogen and oxygen atoms in total. The minimum atomic E-state index is -0.123. The molecule has 0 fully saturated rings. The summed E-state index contributed by atoms with van der Waals surface area (Å²) in [5.74, 6) is 0.0742. The third-order valence-corrected chi connectivity index (χ3v) is 5.86. The molecule has 3 aromatic rings. The van der Waals surface area contributed by atoms with Gasteiger partial charge in [0.1, 0.15) is 0 Å². The number of thioether (sulfide) groups is 1. The first kappa shape index (κ1) is 20.9. The van der Waals surface area contributed by atoms with Gasteiger partial charge in [0, 0.05) is 6.54 Å². The average Bonchev–Trinajstić information content (AvgIpc) is 2.71. The molecule has 0 bridgehead atoms. The molecule has 1 N–H and O–H groups in total. The van der Waals surface area contributed by atoms with E-state index in [0.717, 1.165) is 5.56 Å². The highest BCUT2D eigenvalue weighted by Crippen LogP contribution is 2.20. The van der Waals surface area contributed by atoms with Crippen molar-refractivity contribution in [1.82, 2.24) is 14.9 Å². The van der Waals surface area contributed by atoms with Gasteiger partial charge in [0.2, 0.25) is 5.91 Å². The van der Waals surface area contributed by atoms with Crippen molar-refractivity contribution in [3.63, 3.8) is 0 Å². The van der Waals surface area contributed by atoms with E-state index in [-0.39, 0.29) is 23.3 Å². The Morgan fingerprint density at radius 2 is 2.00 bits per heavy atom. The molecule has 29 heavy (non-hydrogen) atoms. The van der Waals surface area contributed by atoms with Gasteiger partial charge in [-0.1, -0.05) is 48.2 Å². The number of para-hydroxylation sites is 1. The first-order valence-corrected chi connectivity index (χ1v) is 10.5. The van der Waals surface area contributed by atoms with Gasteiger partial charge in [0.25, 0.3) is 5.56 Å². The number of benzene rings is 2. The van der Waals surface area contributed by atoms with E-state index in [1.807, 2.05) is 25.1 Å². The summed E-state index contributed by atoms with van der Waals surface area (Å²) in [6, 6.07) is 13.3. The van der Waals surface area contributed by atoms with Crippen LogP contribution in [0.15, 0.2) is 65.1 Å². The van der Waals surface area contributed by atoms with Gasteiger partial charge < -0.3 is 5.32 Å². The number of aryl methyl sites for hydroxylation is 2. The predicted octanol–water partition coefficient (Wildman–Crippen LogP) is 4.17. The summed E-state index contributed by atoms with van der Waals surface area (Å²) in [4.78, 5) is 29.9. The minimum absolute atomic E-state index is 0.0951. The second kappa shape index (κ2) is 9.09. The Bertz CT molecular complexity index is 1120. The molecule has 0 saturated heterocycles. The standard InChI is InChI=1S/C23H25N3O2S/c1-5-12-26-22(28)19-8-6-7-9-20(19)25-23(26)29-14-21(27)24-17(4)18-11-10-15(2)16(3)13-18/h5-11,13,17H,1,12,14H2,2-4H3,(H,24,27)/t17-/m1/s1. The normalized spacial score (nSPS) is 12.0. The van der Waals surface area contributed by atoms with Crippen LogP contribution in [0.1, 0.15) is 29.7 Å². The maximum atomic E-state index is 12.8. The Morgan fingerprint density at radius 3 is 2.72 bits per heavy atom. The molecule has 2 aromatic carbocycles. The second-order valence-corrected chi connectivity index (χ2v) is 7.98. The number of rotatable bonds is 7. The third kappa shape index (κ3) is 4.77. The quantitative estimate of drug-likeness (QED) is 0.363. The smallest absolute Gasteiger partial charge is 0.262 e. The third-order valence-electron chi connectivity index (χ3n) is 4.88. The molecule has 0 saturated carbocycles. The Balaban J connectivity index is 1.74. The fourth-order valence-electron chi connectivity index (χ4n) is 3.08. The molecule has 150 valence electrons. The Kier molecular flexibility index (Phi) is 6.54. The van der Waals surface area contributed by atoms with E-state index < -0.39 is 0 Å².